The number of aromatic nitrogens is 1. The number of methoxy groups -OCH3 is 2. The van der Waals surface area contributed by atoms with Crippen LogP contribution < -0.4 is 5.32 Å². The summed E-state index contributed by atoms with van der Waals surface area (Å²) in [5, 5.41) is 13.7. The lowest BCUT2D eigenvalue weighted by Gasteiger charge is -2.30. The molecular formula is C36H44Cl2N4O7. The first kappa shape index (κ1) is 35.6. The molecule has 2 N–H and O–H groups in total. The molecule has 0 radical (unpaired) electrons. The maximum atomic E-state index is 14.0. The van der Waals surface area contributed by atoms with Crippen LogP contribution in [0.2, 0.25) is 10.0 Å². The molecule has 1 saturated carbocycles. The number of halogens is 2. The maximum Gasteiger partial charge on any atom is 0.306 e. The number of anilines is 1. The van der Waals surface area contributed by atoms with Crippen LogP contribution in [0.15, 0.2) is 42.6 Å². The smallest absolute Gasteiger partial charge is 0.306 e. The molecule has 2 aromatic carbocycles. The summed E-state index contributed by atoms with van der Waals surface area (Å²) in [7, 11) is 5.27. The summed E-state index contributed by atoms with van der Waals surface area (Å²) in [6.45, 7) is 2.31. The van der Waals surface area contributed by atoms with Gasteiger partial charge in [0.15, 0.2) is 0 Å². The van der Waals surface area contributed by atoms with Crippen molar-refractivity contribution in [3.05, 3.63) is 63.8 Å². The van der Waals surface area contributed by atoms with Crippen LogP contribution in [0.3, 0.4) is 0 Å². The van der Waals surface area contributed by atoms with E-state index >= 15 is 0 Å². The molecule has 4 atom stereocenters. The normalized spacial score (nSPS) is 26.0. The van der Waals surface area contributed by atoms with Gasteiger partial charge in [-0.2, -0.15) is 0 Å². The fraction of sp³-hybridized carbons (Fsp3) is 0.528. The van der Waals surface area contributed by atoms with E-state index in [-0.39, 0.29) is 59.6 Å². The van der Waals surface area contributed by atoms with Crippen molar-refractivity contribution in [1.82, 2.24) is 14.4 Å². The fourth-order valence-corrected chi connectivity index (χ4v) is 8.13. The first-order valence-corrected chi connectivity index (χ1v) is 17.6. The van der Waals surface area contributed by atoms with Crippen LogP contribution in [0.4, 0.5) is 5.69 Å². The van der Waals surface area contributed by atoms with Gasteiger partial charge >= 0.3 is 5.97 Å². The average Bonchev–Trinajstić information content (AvgIpc) is 3.81. The number of carbonyl (C=O) groups is 3. The summed E-state index contributed by atoms with van der Waals surface area (Å²) in [5.74, 6) is -1.47. The van der Waals surface area contributed by atoms with Gasteiger partial charge in [-0.25, -0.2) is 0 Å². The number of hydrogen-bond donors (Lipinski definition) is 2. The van der Waals surface area contributed by atoms with Crippen LogP contribution in [-0.4, -0.2) is 108 Å². The van der Waals surface area contributed by atoms with E-state index in [0.717, 1.165) is 17.3 Å². The van der Waals surface area contributed by atoms with Gasteiger partial charge in [0, 0.05) is 69.1 Å². The minimum atomic E-state index is -0.748. The van der Waals surface area contributed by atoms with Gasteiger partial charge in [-0.15, -0.1) is 0 Å². The average molecular weight is 716 g/mol. The lowest BCUT2D eigenvalue weighted by atomic mass is 9.87. The molecule has 6 rings (SSSR count). The number of benzene rings is 2. The van der Waals surface area contributed by atoms with Crippen molar-refractivity contribution in [1.29, 1.82) is 0 Å². The Morgan fingerprint density at radius 2 is 1.65 bits per heavy atom. The standard InChI is InChI=1S/C36H44Cl2N4O7/c1-40-17-27(26-6-4-5-7-31(26)40)35(44)39-30-15-28(37)22(12-29(30)38)13-34(43)42-16-23(41-18-32(47-2)33(19-41)48-3)14-24(42)20-49-25-10-8-21(9-11-25)36(45)46/h4-7,12,15,17,21,23-25,32-33H,8-11,13-14,16,18-20H2,1-3H3,(H,39,44)(H,45,46)/t21?,23-,24-,25?,32-,33+/m0/s1. The Bertz CT molecular complexity index is 1680. The highest BCUT2D eigenvalue weighted by Crippen LogP contribution is 2.34. The summed E-state index contributed by atoms with van der Waals surface area (Å²) in [6, 6.07) is 10.8. The quantitative estimate of drug-likeness (QED) is 0.276. The number of ether oxygens (including phenoxy) is 3. The Labute approximate surface area is 296 Å². The number of hydrogen-bond acceptors (Lipinski definition) is 7. The van der Waals surface area contributed by atoms with Crippen molar-refractivity contribution >= 4 is 57.6 Å². The predicted molar refractivity (Wildman–Crippen MR) is 187 cm³/mol. The lowest BCUT2D eigenvalue weighted by molar-refractivity contribution is -0.144. The molecule has 1 aromatic heterocycles. The molecule has 13 heteroatoms. The second-order valence-corrected chi connectivity index (χ2v) is 14.3. The van der Waals surface area contributed by atoms with E-state index in [1.165, 1.54) is 0 Å². The highest BCUT2D eigenvalue weighted by molar-refractivity contribution is 6.36. The van der Waals surface area contributed by atoms with Crippen molar-refractivity contribution < 1.29 is 33.7 Å². The van der Waals surface area contributed by atoms with Gasteiger partial charge in [0.1, 0.15) is 0 Å². The van der Waals surface area contributed by atoms with E-state index < -0.39 is 5.97 Å². The number of para-hydroxylation sites is 1. The summed E-state index contributed by atoms with van der Waals surface area (Å²) in [5.41, 5.74) is 2.38. The molecule has 2 aliphatic heterocycles. The van der Waals surface area contributed by atoms with Gasteiger partial charge in [-0.1, -0.05) is 41.4 Å². The van der Waals surface area contributed by atoms with Gasteiger partial charge in [-0.05, 0) is 55.9 Å². The number of carboxylic acid groups (broad SMARTS) is 1. The van der Waals surface area contributed by atoms with Gasteiger partial charge in [0.25, 0.3) is 5.91 Å². The summed E-state index contributed by atoms with van der Waals surface area (Å²) < 4.78 is 19.6. The second kappa shape index (κ2) is 15.4. The number of nitrogens with one attached hydrogen (secondary N) is 1. The molecule has 2 saturated heterocycles. The van der Waals surface area contributed by atoms with Crippen LogP contribution in [0.25, 0.3) is 10.9 Å². The van der Waals surface area contributed by atoms with Crippen LogP contribution in [0.1, 0.15) is 48.0 Å². The van der Waals surface area contributed by atoms with Crippen molar-refractivity contribution in [2.24, 2.45) is 13.0 Å². The van der Waals surface area contributed by atoms with Gasteiger partial charge < -0.3 is 34.1 Å². The van der Waals surface area contributed by atoms with Crippen molar-refractivity contribution in [3.63, 3.8) is 0 Å². The Hall–Kier alpha value is -3.19. The molecule has 3 aliphatic rings. The van der Waals surface area contributed by atoms with Gasteiger partial charge in [-0.3, -0.25) is 19.3 Å². The van der Waals surface area contributed by atoms with Crippen LogP contribution in [0.5, 0.6) is 0 Å². The summed E-state index contributed by atoms with van der Waals surface area (Å²) in [6.07, 6.45) is 4.99. The van der Waals surface area contributed by atoms with E-state index in [2.05, 4.69) is 10.2 Å². The predicted octanol–water partition coefficient (Wildman–Crippen LogP) is 5.26. The number of carbonyl (C=O) groups excluding carboxylic acids is 2. The monoisotopic (exact) mass is 714 g/mol. The zero-order valence-corrected chi connectivity index (χ0v) is 29.6. The van der Waals surface area contributed by atoms with Crippen molar-refractivity contribution in [2.45, 2.75) is 68.9 Å². The summed E-state index contributed by atoms with van der Waals surface area (Å²) in [4.78, 5) is 42.9. The Balaban J connectivity index is 1.14. The SMILES string of the molecule is CO[C@H]1CN([C@H]2C[C@@H](COC3CCC(C(=O)O)CC3)N(C(=O)Cc3cc(Cl)c(NC(=O)c4cn(C)c5ccccc45)cc3Cl)C2)C[C@H]1OC. The zero-order valence-electron chi connectivity index (χ0n) is 28.1. The van der Waals surface area contributed by atoms with E-state index in [0.29, 0.717) is 73.8 Å². The number of fused-ring (bicyclic) bond motifs is 1. The molecule has 0 bridgehead atoms. The number of aryl methyl sites for hydroxylation is 1. The van der Waals surface area contributed by atoms with Gasteiger partial charge in [0.2, 0.25) is 5.91 Å². The number of nitrogens with zero attached hydrogens (tertiary/aromatic N) is 3. The van der Waals surface area contributed by atoms with Crippen molar-refractivity contribution in [3.8, 4) is 0 Å². The zero-order chi connectivity index (χ0) is 34.8. The van der Waals surface area contributed by atoms with E-state index in [1.54, 1.807) is 32.5 Å². The number of carboxylic acids is 1. The second-order valence-electron chi connectivity index (χ2n) is 13.5. The molecule has 264 valence electrons. The molecule has 2 amide bonds. The first-order chi connectivity index (χ1) is 23.6. The minimum Gasteiger partial charge on any atom is -0.481 e. The van der Waals surface area contributed by atoms with E-state index in [1.807, 2.05) is 40.8 Å². The van der Waals surface area contributed by atoms with E-state index in [4.69, 9.17) is 37.4 Å². The fourth-order valence-electron chi connectivity index (χ4n) is 7.66. The van der Waals surface area contributed by atoms with Crippen LogP contribution in [0, 0.1) is 5.92 Å². The molecular weight excluding hydrogens is 671 g/mol. The highest BCUT2D eigenvalue weighted by Gasteiger charge is 2.43. The topological polar surface area (TPSA) is 123 Å². The molecule has 3 fully saturated rings. The third kappa shape index (κ3) is 7.77. The van der Waals surface area contributed by atoms with Crippen molar-refractivity contribution in [2.75, 3.05) is 45.8 Å². The molecule has 0 unspecified atom stereocenters. The highest BCUT2D eigenvalue weighted by atomic mass is 35.5. The molecule has 0 spiro atoms. The van der Waals surface area contributed by atoms with Crippen LogP contribution >= 0.6 is 23.2 Å². The molecule has 3 aromatic rings. The Morgan fingerprint density at radius 1 is 0.959 bits per heavy atom. The third-order valence-corrected chi connectivity index (χ3v) is 11.2. The number of aliphatic carboxylic acids is 1. The molecule has 3 heterocycles. The molecule has 49 heavy (non-hydrogen) atoms. The first-order valence-electron chi connectivity index (χ1n) is 16.8. The molecule has 1 aliphatic carbocycles. The third-order valence-electron chi connectivity index (χ3n) is 10.5. The van der Waals surface area contributed by atoms with E-state index in [9.17, 15) is 19.5 Å². The number of rotatable bonds is 11. The maximum absolute atomic E-state index is 14.0. The number of amides is 2. The van der Waals surface area contributed by atoms with Gasteiger partial charge in [0.05, 0.1) is 59.6 Å². The number of likely N-dealkylation sites (tertiary alicyclic amines) is 2. The Morgan fingerprint density at radius 3 is 2.33 bits per heavy atom. The largest absolute Gasteiger partial charge is 0.481 e. The molecule has 11 nitrogen and oxygen atoms in total. The summed E-state index contributed by atoms with van der Waals surface area (Å²) >= 11 is 13.4. The van der Waals surface area contributed by atoms with Crippen LogP contribution in [-0.2, 0) is 37.3 Å². The Kier molecular flexibility index (Phi) is 11.2. The minimum absolute atomic E-state index is 0.0287. The lowest BCUT2D eigenvalue weighted by Crippen LogP contribution is -2.41.